The van der Waals surface area contributed by atoms with E-state index in [-0.39, 0.29) is 23.8 Å². The van der Waals surface area contributed by atoms with Gasteiger partial charge < -0.3 is 9.47 Å². The predicted molar refractivity (Wildman–Crippen MR) is 90.5 cm³/mol. The molecule has 4 aliphatic rings. The SMILES string of the molecule is CC1=COC(=O)[C@@H]2[C@@H]1CC[C@@H]2C.CC1=COC(=O)[C@H]2[C@@H]1CC[C@@H]2C. The average Bonchev–Trinajstić information content (AvgIpc) is 3.13. The van der Waals surface area contributed by atoms with Crippen LogP contribution in [0.1, 0.15) is 53.4 Å². The van der Waals surface area contributed by atoms with Crippen LogP contribution in [-0.2, 0) is 19.1 Å². The molecule has 2 heterocycles. The van der Waals surface area contributed by atoms with Gasteiger partial charge in [-0.15, -0.1) is 0 Å². The Morgan fingerprint density at radius 2 is 1.12 bits per heavy atom. The molecular formula is C20H28O4. The topological polar surface area (TPSA) is 52.6 Å². The van der Waals surface area contributed by atoms with Crippen molar-refractivity contribution in [2.24, 2.45) is 35.5 Å². The summed E-state index contributed by atoms with van der Waals surface area (Å²) in [5.41, 5.74) is 2.48. The van der Waals surface area contributed by atoms with Crippen molar-refractivity contribution in [2.75, 3.05) is 0 Å². The lowest BCUT2D eigenvalue weighted by Gasteiger charge is -2.25. The molecule has 0 aromatic carbocycles. The lowest BCUT2D eigenvalue weighted by atomic mass is 9.85. The first kappa shape index (κ1) is 17.2. The second kappa shape index (κ2) is 6.73. The molecule has 0 unspecified atom stereocenters. The summed E-state index contributed by atoms with van der Waals surface area (Å²) in [6, 6.07) is 0. The molecule has 4 rings (SSSR count). The molecule has 6 atom stereocenters. The summed E-state index contributed by atoms with van der Waals surface area (Å²) in [5, 5.41) is 0. The quantitative estimate of drug-likeness (QED) is 0.623. The van der Waals surface area contributed by atoms with E-state index in [1.54, 1.807) is 12.5 Å². The zero-order valence-electron chi connectivity index (χ0n) is 15.1. The summed E-state index contributed by atoms with van der Waals surface area (Å²) in [7, 11) is 0. The minimum Gasteiger partial charge on any atom is -0.434 e. The average molecular weight is 332 g/mol. The van der Waals surface area contributed by atoms with Crippen LogP contribution in [0.15, 0.2) is 23.7 Å². The maximum absolute atomic E-state index is 11.4. The summed E-state index contributed by atoms with van der Waals surface area (Å²) in [5.74, 6) is 2.22. The molecule has 0 spiro atoms. The Labute approximate surface area is 144 Å². The van der Waals surface area contributed by atoms with Gasteiger partial charge in [-0.25, -0.2) is 0 Å². The number of hydrogen-bond acceptors (Lipinski definition) is 4. The van der Waals surface area contributed by atoms with Crippen LogP contribution in [0.25, 0.3) is 0 Å². The van der Waals surface area contributed by atoms with E-state index in [1.807, 2.05) is 0 Å². The molecule has 4 nitrogen and oxygen atoms in total. The number of fused-ring (bicyclic) bond motifs is 2. The summed E-state index contributed by atoms with van der Waals surface area (Å²) in [4.78, 5) is 22.7. The van der Waals surface area contributed by atoms with Crippen LogP contribution in [0.2, 0.25) is 0 Å². The third-order valence-corrected chi connectivity index (χ3v) is 6.40. The van der Waals surface area contributed by atoms with Gasteiger partial charge >= 0.3 is 11.9 Å². The van der Waals surface area contributed by atoms with Crippen LogP contribution in [0, 0.1) is 35.5 Å². The molecule has 2 saturated carbocycles. The van der Waals surface area contributed by atoms with Gasteiger partial charge in [0.25, 0.3) is 0 Å². The van der Waals surface area contributed by atoms with Gasteiger partial charge in [0, 0.05) is 0 Å². The van der Waals surface area contributed by atoms with Crippen molar-refractivity contribution in [1.82, 2.24) is 0 Å². The Hall–Kier alpha value is -1.58. The van der Waals surface area contributed by atoms with Gasteiger partial charge in [0.05, 0.1) is 24.4 Å². The van der Waals surface area contributed by atoms with Gasteiger partial charge in [0.2, 0.25) is 0 Å². The van der Waals surface area contributed by atoms with Crippen LogP contribution < -0.4 is 0 Å². The monoisotopic (exact) mass is 332 g/mol. The van der Waals surface area contributed by atoms with Crippen LogP contribution >= 0.6 is 0 Å². The number of rotatable bonds is 0. The third kappa shape index (κ3) is 3.03. The van der Waals surface area contributed by atoms with E-state index in [9.17, 15) is 9.59 Å². The third-order valence-electron chi connectivity index (χ3n) is 6.40. The number of carbonyl (C=O) groups excluding carboxylic acids is 2. The van der Waals surface area contributed by atoms with Gasteiger partial charge in [-0.3, -0.25) is 9.59 Å². The first-order valence-corrected chi connectivity index (χ1v) is 9.14. The van der Waals surface area contributed by atoms with Gasteiger partial charge in [-0.1, -0.05) is 13.8 Å². The molecule has 0 radical (unpaired) electrons. The fourth-order valence-electron chi connectivity index (χ4n) is 4.85. The molecule has 0 amide bonds. The zero-order chi connectivity index (χ0) is 17.4. The first-order valence-electron chi connectivity index (χ1n) is 9.14. The molecular weight excluding hydrogens is 304 g/mol. The highest BCUT2D eigenvalue weighted by molar-refractivity contribution is 5.76. The molecule has 4 heteroatoms. The van der Waals surface area contributed by atoms with Gasteiger partial charge in [-0.05, 0) is 74.3 Å². The van der Waals surface area contributed by atoms with E-state index in [0.717, 1.165) is 25.7 Å². The maximum atomic E-state index is 11.4. The molecule has 0 aromatic heterocycles. The molecule has 24 heavy (non-hydrogen) atoms. The van der Waals surface area contributed by atoms with E-state index in [1.165, 1.54) is 11.1 Å². The Kier molecular flexibility index (Phi) is 4.84. The molecule has 132 valence electrons. The Bertz CT molecular complexity index is 536. The summed E-state index contributed by atoms with van der Waals surface area (Å²) >= 11 is 0. The Morgan fingerprint density at radius 1 is 0.750 bits per heavy atom. The molecule has 0 aromatic rings. The van der Waals surface area contributed by atoms with Crippen LogP contribution in [0.3, 0.4) is 0 Å². The van der Waals surface area contributed by atoms with Crippen molar-refractivity contribution in [3.8, 4) is 0 Å². The highest BCUT2D eigenvalue weighted by Gasteiger charge is 2.43. The number of hydrogen-bond donors (Lipinski definition) is 0. The van der Waals surface area contributed by atoms with E-state index >= 15 is 0 Å². The molecule has 0 N–H and O–H groups in total. The minimum atomic E-state index is -0.0180. The molecule has 2 aliphatic carbocycles. The molecule has 0 saturated heterocycles. The van der Waals surface area contributed by atoms with Crippen molar-refractivity contribution in [3.63, 3.8) is 0 Å². The molecule has 0 bridgehead atoms. The van der Waals surface area contributed by atoms with E-state index in [4.69, 9.17) is 9.47 Å². The summed E-state index contributed by atoms with van der Waals surface area (Å²) in [6.07, 6.45) is 7.89. The summed E-state index contributed by atoms with van der Waals surface area (Å²) < 4.78 is 9.95. The zero-order valence-corrected chi connectivity index (χ0v) is 15.1. The lowest BCUT2D eigenvalue weighted by Crippen LogP contribution is -2.28. The second-order valence-electron chi connectivity index (χ2n) is 7.97. The maximum Gasteiger partial charge on any atom is 0.314 e. The first-order chi connectivity index (χ1) is 11.4. The Balaban J connectivity index is 0.000000141. The molecule has 2 fully saturated rings. The number of ether oxygens (including phenoxy) is 2. The largest absolute Gasteiger partial charge is 0.434 e. The highest BCUT2D eigenvalue weighted by atomic mass is 16.5. The lowest BCUT2D eigenvalue weighted by molar-refractivity contribution is -0.147. The van der Waals surface area contributed by atoms with Crippen LogP contribution in [-0.4, -0.2) is 11.9 Å². The van der Waals surface area contributed by atoms with Gasteiger partial charge in [0.1, 0.15) is 0 Å². The van der Waals surface area contributed by atoms with Crippen LogP contribution in [0.4, 0.5) is 0 Å². The number of esters is 2. The van der Waals surface area contributed by atoms with Crippen molar-refractivity contribution in [3.05, 3.63) is 23.7 Å². The fraction of sp³-hybridized carbons (Fsp3) is 0.700. The van der Waals surface area contributed by atoms with Crippen molar-refractivity contribution in [2.45, 2.75) is 53.4 Å². The van der Waals surface area contributed by atoms with E-state index in [0.29, 0.717) is 23.7 Å². The van der Waals surface area contributed by atoms with E-state index in [2.05, 4.69) is 27.7 Å². The predicted octanol–water partition coefficient (Wildman–Crippen LogP) is 4.22. The van der Waals surface area contributed by atoms with Gasteiger partial charge in [0.15, 0.2) is 0 Å². The van der Waals surface area contributed by atoms with Crippen LogP contribution in [0.5, 0.6) is 0 Å². The highest BCUT2D eigenvalue weighted by Crippen LogP contribution is 2.44. The number of carbonyl (C=O) groups is 2. The smallest absolute Gasteiger partial charge is 0.314 e. The second-order valence-corrected chi connectivity index (χ2v) is 7.97. The van der Waals surface area contributed by atoms with Crippen molar-refractivity contribution >= 4 is 11.9 Å². The standard InChI is InChI=1S/2C10H14O2/c2*1-6-3-4-8-7(2)5-12-10(11)9(6)8/h2*5-6,8-9H,3-4H2,1-2H3/t6-,8+,9+;6-,8+,9-/m00/s1. The van der Waals surface area contributed by atoms with E-state index < -0.39 is 0 Å². The minimum absolute atomic E-state index is 0.0180. The van der Waals surface area contributed by atoms with Crippen molar-refractivity contribution in [1.29, 1.82) is 0 Å². The summed E-state index contributed by atoms with van der Waals surface area (Å²) in [6.45, 7) is 8.40. The number of allylic oxidation sites excluding steroid dienone is 2. The molecule has 2 aliphatic heterocycles. The fourth-order valence-corrected chi connectivity index (χ4v) is 4.85. The van der Waals surface area contributed by atoms with Crippen molar-refractivity contribution < 1.29 is 19.1 Å². The normalized spacial score (nSPS) is 40.3. The van der Waals surface area contributed by atoms with Gasteiger partial charge in [-0.2, -0.15) is 0 Å². The number of cyclic esters (lactones) is 2. The Morgan fingerprint density at radius 3 is 1.46 bits per heavy atom.